The molecule has 1 aliphatic heterocycles. The number of benzene rings is 2. The summed E-state index contributed by atoms with van der Waals surface area (Å²) in [4.78, 5) is 23.2. The maximum absolute atomic E-state index is 13.8. The minimum atomic E-state index is -4.56. The number of ether oxygens (including phenoxy) is 4. The lowest BCUT2D eigenvalue weighted by Gasteiger charge is -2.29. The molecule has 0 radical (unpaired) electrons. The highest BCUT2D eigenvalue weighted by Gasteiger charge is 2.35. The number of methoxy groups -OCH3 is 2. The average Bonchev–Trinajstić information content (AvgIpc) is 3.46. The van der Waals surface area contributed by atoms with Crippen LogP contribution in [0.4, 0.5) is 11.4 Å². The van der Waals surface area contributed by atoms with Crippen molar-refractivity contribution in [2.24, 2.45) is 5.41 Å². The number of para-hydroxylation sites is 1. The highest BCUT2D eigenvalue weighted by molar-refractivity contribution is 7.93. The fourth-order valence-electron chi connectivity index (χ4n) is 4.12. The van der Waals surface area contributed by atoms with Crippen molar-refractivity contribution in [2.75, 3.05) is 44.8 Å². The van der Waals surface area contributed by atoms with E-state index in [1.54, 1.807) is 0 Å². The van der Waals surface area contributed by atoms with Gasteiger partial charge in [0, 0.05) is 24.1 Å². The number of hydrogen-bond donors (Lipinski definition) is 1. The number of amides is 1. The summed E-state index contributed by atoms with van der Waals surface area (Å²) in [6, 6.07) is 9.35. The lowest BCUT2D eigenvalue weighted by Crippen LogP contribution is -2.41. The lowest BCUT2D eigenvalue weighted by molar-refractivity contribution is -0.387. The summed E-state index contributed by atoms with van der Waals surface area (Å²) in [5, 5.41) is 14.3. The fraction of sp³-hybridized carbons (Fsp3) is 0.480. The zero-order chi connectivity index (χ0) is 27.9. The van der Waals surface area contributed by atoms with Crippen molar-refractivity contribution in [3.05, 3.63) is 52.6 Å². The highest BCUT2D eigenvalue weighted by Crippen LogP contribution is 2.37. The molecule has 2 aromatic carbocycles. The molecule has 0 aliphatic carbocycles. The summed E-state index contributed by atoms with van der Waals surface area (Å²) < 4.78 is 50.0. The summed E-state index contributed by atoms with van der Waals surface area (Å²) in [5.74, 6) is -0.0789. The predicted octanol–water partition coefficient (Wildman–Crippen LogP) is 3.10. The topological polar surface area (TPSA) is 147 Å². The van der Waals surface area contributed by atoms with E-state index in [2.05, 4.69) is 5.32 Å². The molecule has 0 spiro atoms. The largest absolute Gasteiger partial charge is 0.497 e. The zero-order valence-electron chi connectivity index (χ0n) is 21.8. The first-order valence-electron chi connectivity index (χ1n) is 12.0. The molecular formula is C25H33N3O9S. The quantitative estimate of drug-likeness (QED) is 0.225. The number of nitro groups is 1. The van der Waals surface area contributed by atoms with Gasteiger partial charge < -0.3 is 24.3 Å². The van der Waals surface area contributed by atoms with E-state index in [0.29, 0.717) is 31.8 Å². The molecule has 1 fully saturated rings. The van der Waals surface area contributed by atoms with Crippen LogP contribution >= 0.6 is 0 Å². The van der Waals surface area contributed by atoms with Gasteiger partial charge in [-0.3, -0.25) is 19.2 Å². The van der Waals surface area contributed by atoms with Crippen LogP contribution in [0.3, 0.4) is 0 Å². The van der Waals surface area contributed by atoms with E-state index in [1.807, 2.05) is 13.8 Å². The number of nitrogens with zero attached hydrogens (tertiary/aromatic N) is 2. The molecule has 1 aliphatic rings. The minimum absolute atomic E-state index is 0.0262. The van der Waals surface area contributed by atoms with Gasteiger partial charge in [-0.15, -0.1) is 0 Å². The van der Waals surface area contributed by atoms with Crippen LogP contribution in [0.2, 0.25) is 0 Å². The van der Waals surface area contributed by atoms with E-state index < -0.39 is 38.0 Å². The molecule has 1 N–H and O–H groups in total. The van der Waals surface area contributed by atoms with Gasteiger partial charge in [0.15, 0.2) is 11.2 Å². The molecule has 1 amide bonds. The minimum Gasteiger partial charge on any atom is -0.497 e. The van der Waals surface area contributed by atoms with Gasteiger partial charge in [0.25, 0.3) is 15.7 Å². The Hall–Kier alpha value is -3.42. The molecule has 0 unspecified atom stereocenters. The van der Waals surface area contributed by atoms with E-state index >= 15 is 0 Å². The lowest BCUT2D eigenvalue weighted by atomic mass is 9.87. The average molecular weight is 552 g/mol. The number of nitrogens with one attached hydrogen (secondary N) is 1. The molecule has 0 aromatic heterocycles. The van der Waals surface area contributed by atoms with Crippen LogP contribution in [-0.2, 0) is 24.3 Å². The molecule has 38 heavy (non-hydrogen) atoms. The van der Waals surface area contributed by atoms with Gasteiger partial charge >= 0.3 is 0 Å². The second-order valence-electron chi connectivity index (χ2n) is 9.29. The maximum Gasteiger partial charge on any atom is 0.289 e. The van der Waals surface area contributed by atoms with Gasteiger partial charge in [0.05, 0.1) is 38.0 Å². The molecule has 1 heterocycles. The van der Waals surface area contributed by atoms with Crippen LogP contribution < -0.4 is 19.1 Å². The number of sulfonamides is 1. The number of rotatable bonds is 13. The molecule has 208 valence electrons. The van der Waals surface area contributed by atoms with Crippen LogP contribution in [0.1, 0.15) is 26.7 Å². The maximum atomic E-state index is 13.8. The van der Waals surface area contributed by atoms with Crippen LogP contribution in [0.25, 0.3) is 0 Å². The number of nitro benzene ring substituents is 1. The molecule has 0 bridgehead atoms. The van der Waals surface area contributed by atoms with Crippen molar-refractivity contribution in [1.82, 2.24) is 5.32 Å². The normalized spacial score (nSPS) is 14.2. The van der Waals surface area contributed by atoms with Crippen molar-refractivity contribution < 1.29 is 37.1 Å². The Balaban J connectivity index is 1.84. The van der Waals surface area contributed by atoms with E-state index in [0.717, 1.165) is 16.4 Å². The van der Waals surface area contributed by atoms with Crippen LogP contribution in [0.5, 0.6) is 11.5 Å². The van der Waals surface area contributed by atoms with E-state index in [1.165, 1.54) is 44.6 Å². The van der Waals surface area contributed by atoms with Gasteiger partial charge in [0.2, 0.25) is 5.91 Å². The van der Waals surface area contributed by atoms with Crippen molar-refractivity contribution in [2.45, 2.75) is 37.9 Å². The summed E-state index contributed by atoms with van der Waals surface area (Å²) in [7, 11) is -1.78. The van der Waals surface area contributed by atoms with Crippen LogP contribution in [0, 0.1) is 15.5 Å². The summed E-state index contributed by atoms with van der Waals surface area (Å²) in [6.45, 7) is 4.78. The van der Waals surface area contributed by atoms with Gasteiger partial charge in [-0.05, 0) is 31.0 Å². The molecule has 3 rings (SSSR count). The molecule has 12 nitrogen and oxygen atoms in total. The molecule has 0 saturated carbocycles. The third kappa shape index (κ3) is 6.71. The van der Waals surface area contributed by atoms with Crippen molar-refractivity contribution in [3.63, 3.8) is 0 Å². The van der Waals surface area contributed by atoms with Crippen molar-refractivity contribution in [1.29, 1.82) is 0 Å². The smallest absolute Gasteiger partial charge is 0.289 e. The number of carbonyl (C=O) groups is 1. The molecule has 1 saturated heterocycles. The van der Waals surface area contributed by atoms with Gasteiger partial charge in [-0.2, -0.15) is 0 Å². The van der Waals surface area contributed by atoms with Gasteiger partial charge in [0.1, 0.15) is 18.0 Å². The Kier molecular flexibility index (Phi) is 9.52. The molecular weight excluding hydrogens is 518 g/mol. The number of hydrogen-bond acceptors (Lipinski definition) is 9. The van der Waals surface area contributed by atoms with Crippen molar-refractivity contribution in [3.8, 4) is 11.5 Å². The Labute approximate surface area is 222 Å². The highest BCUT2D eigenvalue weighted by atomic mass is 32.2. The van der Waals surface area contributed by atoms with E-state index in [9.17, 15) is 23.3 Å². The summed E-state index contributed by atoms with van der Waals surface area (Å²) >= 11 is 0. The summed E-state index contributed by atoms with van der Waals surface area (Å²) in [5.41, 5.74) is -0.846. The molecule has 13 heteroatoms. The Morgan fingerprint density at radius 2 is 1.84 bits per heavy atom. The monoisotopic (exact) mass is 551 g/mol. The standard InChI is InChI=1S/C25H33N3O9S/c1-25(2,24-36-14-15-37-24)12-7-13-26-23(29)17-27(19-11-10-18(34-3)16-21(19)35-4)38(32,33)22-9-6-5-8-20(22)28(30)31/h5-6,8-11,16,24H,7,12-15,17H2,1-4H3,(H,26,29). The second kappa shape index (κ2) is 12.4. The summed E-state index contributed by atoms with van der Waals surface area (Å²) in [6.07, 6.45) is 0.982. The van der Waals surface area contributed by atoms with Crippen LogP contribution in [-0.4, -0.2) is 66.1 Å². The first-order chi connectivity index (χ1) is 18.0. The van der Waals surface area contributed by atoms with Crippen LogP contribution in [0.15, 0.2) is 47.4 Å². The Bertz CT molecular complexity index is 1240. The predicted molar refractivity (Wildman–Crippen MR) is 139 cm³/mol. The second-order valence-corrected chi connectivity index (χ2v) is 11.1. The molecule has 0 atom stereocenters. The Morgan fingerprint density at radius 1 is 1.16 bits per heavy atom. The van der Waals surface area contributed by atoms with Crippen molar-refractivity contribution >= 4 is 27.3 Å². The van der Waals surface area contributed by atoms with E-state index in [-0.39, 0.29) is 29.7 Å². The zero-order valence-corrected chi connectivity index (χ0v) is 22.7. The first kappa shape index (κ1) is 29.1. The van der Waals surface area contributed by atoms with Gasteiger partial charge in [-0.1, -0.05) is 26.0 Å². The number of carbonyl (C=O) groups excluding carboxylic acids is 1. The Morgan fingerprint density at radius 3 is 2.47 bits per heavy atom. The van der Waals surface area contributed by atoms with E-state index in [4.69, 9.17) is 18.9 Å². The van der Waals surface area contributed by atoms with Gasteiger partial charge in [-0.25, -0.2) is 8.42 Å². The number of anilines is 1. The SMILES string of the molecule is COc1ccc(N(CC(=O)NCCCC(C)(C)C2OCCO2)S(=O)(=O)c2ccccc2[N+](=O)[O-])c(OC)c1. The fourth-order valence-corrected chi connectivity index (χ4v) is 5.71. The first-order valence-corrected chi connectivity index (χ1v) is 13.4. The molecule has 2 aromatic rings. The third-order valence-corrected chi connectivity index (χ3v) is 7.96. The third-order valence-electron chi connectivity index (χ3n) is 6.15.